The van der Waals surface area contributed by atoms with E-state index in [2.05, 4.69) is 4.57 Å². The Bertz CT molecular complexity index is 1460. The first kappa shape index (κ1) is 25.6. The van der Waals surface area contributed by atoms with Gasteiger partial charge in [-0.05, 0) is 55.0 Å². The van der Waals surface area contributed by atoms with Crippen molar-refractivity contribution in [3.05, 3.63) is 101 Å². The second-order valence-corrected chi connectivity index (χ2v) is 10.0. The number of fused-ring (bicyclic) bond motifs is 1. The minimum absolute atomic E-state index is 0.0621. The smallest absolute Gasteiger partial charge is 0.254 e. The van der Waals surface area contributed by atoms with Crippen molar-refractivity contribution in [2.75, 3.05) is 13.1 Å². The van der Waals surface area contributed by atoms with Crippen molar-refractivity contribution in [1.82, 2.24) is 14.5 Å². The molecule has 5 N–H and O–H groups in total. The average Bonchev–Trinajstić information content (AvgIpc) is 3.68. The summed E-state index contributed by atoms with van der Waals surface area (Å²) in [4.78, 5) is 20.0. The van der Waals surface area contributed by atoms with Crippen LogP contribution in [0, 0.1) is 17.1 Å². The standard InChI is InChI=1S/C30H33FN6O/c31-25-4-2-1-3-24(25)19-36(16-15-32)30(38)23-12-13-27-26(17-23)35-28(37(27)18-21-5-6-21)14-9-20-7-10-22(11-8-20)29(33)34/h1-4,7-8,10-13,17,21H,5-6,9,14-16,18-19,32H2,(H3,33,34). The lowest BCUT2D eigenvalue weighted by Crippen LogP contribution is -2.35. The minimum Gasteiger partial charge on any atom is -0.384 e. The van der Waals surface area contributed by atoms with Gasteiger partial charge < -0.3 is 20.9 Å². The first-order valence-electron chi connectivity index (χ1n) is 13.1. The maximum Gasteiger partial charge on any atom is 0.254 e. The number of aryl methyl sites for hydroxylation is 2. The van der Waals surface area contributed by atoms with E-state index in [1.165, 1.54) is 18.9 Å². The quantitative estimate of drug-likeness (QED) is 0.206. The second-order valence-electron chi connectivity index (χ2n) is 10.0. The highest BCUT2D eigenvalue weighted by Crippen LogP contribution is 2.33. The van der Waals surface area contributed by atoms with Gasteiger partial charge in [-0.25, -0.2) is 9.37 Å². The molecule has 0 aliphatic heterocycles. The van der Waals surface area contributed by atoms with E-state index in [0.717, 1.165) is 41.8 Å². The third-order valence-corrected chi connectivity index (χ3v) is 7.12. The fourth-order valence-electron chi connectivity index (χ4n) is 4.80. The molecule has 1 aliphatic carbocycles. The second kappa shape index (κ2) is 11.1. The molecule has 7 nitrogen and oxygen atoms in total. The Morgan fingerprint density at radius 3 is 2.47 bits per heavy atom. The van der Waals surface area contributed by atoms with Crippen LogP contribution in [-0.2, 0) is 25.9 Å². The molecule has 0 spiro atoms. The van der Waals surface area contributed by atoms with E-state index in [-0.39, 0.29) is 30.6 Å². The lowest BCUT2D eigenvalue weighted by molar-refractivity contribution is 0.0747. The van der Waals surface area contributed by atoms with Crippen molar-refractivity contribution in [2.45, 2.75) is 38.8 Å². The zero-order chi connectivity index (χ0) is 26.6. The largest absolute Gasteiger partial charge is 0.384 e. The van der Waals surface area contributed by atoms with Crippen molar-refractivity contribution in [3.63, 3.8) is 0 Å². The van der Waals surface area contributed by atoms with Gasteiger partial charge in [-0.2, -0.15) is 0 Å². The Labute approximate surface area is 221 Å². The Morgan fingerprint density at radius 2 is 1.79 bits per heavy atom. The Kier molecular flexibility index (Phi) is 7.51. The van der Waals surface area contributed by atoms with Gasteiger partial charge in [0.15, 0.2) is 0 Å². The highest BCUT2D eigenvalue weighted by atomic mass is 19.1. The molecular weight excluding hydrogens is 479 g/mol. The van der Waals surface area contributed by atoms with Gasteiger partial charge in [0.05, 0.1) is 11.0 Å². The van der Waals surface area contributed by atoms with E-state index >= 15 is 0 Å². The summed E-state index contributed by atoms with van der Waals surface area (Å²) in [5, 5.41) is 7.58. The van der Waals surface area contributed by atoms with Crippen LogP contribution >= 0.6 is 0 Å². The van der Waals surface area contributed by atoms with E-state index in [4.69, 9.17) is 21.9 Å². The van der Waals surface area contributed by atoms with E-state index < -0.39 is 0 Å². The number of nitrogens with two attached hydrogens (primary N) is 2. The van der Waals surface area contributed by atoms with Crippen LogP contribution in [0.2, 0.25) is 0 Å². The van der Waals surface area contributed by atoms with Gasteiger partial charge in [-0.1, -0.05) is 42.5 Å². The Morgan fingerprint density at radius 1 is 1.05 bits per heavy atom. The molecule has 3 aromatic carbocycles. The average molecular weight is 513 g/mol. The summed E-state index contributed by atoms with van der Waals surface area (Å²) >= 11 is 0. The molecule has 1 heterocycles. The number of carbonyl (C=O) groups is 1. The number of hydrogen-bond donors (Lipinski definition) is 3. The lowest BCUT2D eigenvalue weighted by atomic mass is 10.1. The fourth-order valence-corrected chi connectivity index (χ4v) is 4.80. The molecule has 0 unspecified atom stereocenters. The summed E-state index contributed by atoms with van der Waals surface area (Å²) in [6.45, 7) is 1.70. The van der Waals surface area contributed by atoms with Crippen LogP contribution in [-0.4, -0.2) is 39.3 Å². The van der Waals surface area contributed by atoms with Crippen molar-refractivity contribution < 1.29 is 9.18 Å². The van der Waals surface area contributed by atoms with Gasteiger partial charge >= 0.3 is 0 Å². The number of carbonyl (C=O) groups excluding carboxylic acids is 1. The number of rotatable bonds is 11. The lowest BCUT2D eigenvalue weighted by Gasteiger charge is -2.22. The van der Waals surface area contributed by atoms with E-state index in [1.54, 1.807) is 23.1 Å². The van der Waals surface area contributed by atoms with E-state index in [1.807, 2.05) is 42.5 Å². The minimum atomic E-state index is -0.336. The van der Waals surface area contributed by atoms with Gasteiger partial charge in [0.2, 0.25) is 0 Å². The topological polar surface area (TPSA) is 114 Å². The Balaban J connectivity index is 1.39. The first-order valence-corrected chi connectivity index (χ1v) is 13.1. The van der Waals surface area contributed by atoms with Gasteiger partial charge in [-0.3, -0.25) is 10.2 Å². The summed E-state index contributed by atoms with van der Waals surface area (Å²) < 4.78 is 16.6. The number of halogens is 1. The Hall–Kier alpha value is -4.04. The third kappa shape index (κ3) is 5.75. The van der Waals surface area contributed by atoms with Gasteiger partial charge in [0.25, 0.3) is 5.91 Å². The van der Waals surface area contributed by atoms with E-state index in [9.17, 15) is 9.18 Å². The fraction of sp³-hybridized carbons (Fsp3) is 0.300. The van der Waals surface area contributed by atoms with Crippen molar-refractivity contribution in [3.8, 4) is 0 Å². The van der Waals surface area contributed by atoms with Crippen LogP contribution in [0.25, 0.3) is 11.0 Å². The molecule has 1 saturated carbocycles. The summed E-state index contributed by atoms with van der Waals surface area (Å²) in [7, 11) is 0. The molecule has 0 atom stereocenters. The van der Waals surface area contributed by atoms with Crippen LogP contribution in [0.15, 0.2) is 66.7 Å². The number of amides is 1. The van der Waals surface area contributed by atoms with Crippen LogP contribution in [0.5, 0.6) is 0 Å². The molecule has 1 aliphatic rings. The maximum absolute atomic E-state index is 14.3. The number of amidine groups is 1. The first-order chi connectivity index (χ1) is 18.4. The monoisotopic (exact) mass is 512 g/mol. The van der Waals surface area contributed by atoms with Crippen LogP contribution in [0.1, 0.15) is 45.7 Å². The molecule has 5 rings (SSSR count). The van der Waals surface area contributed by atoms with Crippen LogP contribution in [0.4, 0.5) is 4.39 Å². The SMILES string of the molecule is N=C(N)c1ccc(CCc2nc3cc(C(=O)N(CCN)Cc4ccccc4F)ccc3n2CC2CC2)cc1. The van der Waals surface area contributed by atoms with Crippen molar-refractivity contribution in [1.29, 1.82) is 5.41 Å². The molecule has 8 heteroatoms. The molecule has 4 aromatic rings. The van der Waals surface area contributed by atoms with Gasteiger partial charge in [-0.15, -0.1) is 0 Å². The molecule has 196 valence electrons. The predicted molar refractivity (Wildman–Crippen MR) is 148 cm³/mol. The molecule has 0 bridgehead atoms. The molecule has 0 saturated heterocycles. The number of nitrogens with one attached hydrogen (secondary N) is 1. The zero-order valence-corrected chi connectivity index (χ0v) is 21.4. The van der Waals surface area contributed by atoms with E-state index in [0.29, 0.717) is 29.2 Å². The van der Waals surface area contributed by atoms with Gasteiger partial charge in [0, 0.05) is 49.3 Å². The zero-order valence-electron chi connectivity index (χ0n) is 21.4. The van der Waals surface area contributed by atoms with Crippen LogP contribution in [0.3, 0.4) is 0 Å². The number of benzene rings is 3. The van der Waals surface area contributed by atoms with Crippen molar-refractivity contribution in [2.24, 2.45) is 17.4 Å². The molecule has 0 radical (unpaired) electrons. The van der Waals surface area contributed by atoms with Crippen molar-refractivity contribution >= 4 is 22.8 Å². The number of nitrogen functional groups attached to an aromatic ring is 1. The highest BCUT2D eigenvalue weighted by molar-refractivity contribution is 5.97. The molecule has 1 aromatic heterocycles. The number of hydrogen-bond acceptors (Lipinski definition) is 4. The highest BCUT2D eigenvalue weighted by Gasteiger charge is 2.25. The van der Waals surface area contributed by atoms with Crippen LogP contribution < -0.4 is 11.5 Å². The third-order valence-electron chi connectivity index (χ3n) is 7.12. The molecular formula is C30H33FN6O. The number of nitrogens with zero attached hydrogens (tertiary/aromatic N) is 3. The molecule has 1 fully saturated rings. The van der Waals surface area contributed by atoms with Gasteiger partial charge in [0.1, 0.15) is 17.5 Å². The number of imidazole rings is 1. The summed E-state index contributed by atoms with van der Waals surface area (Å²) in [6, 6.07) is 19.9. The summed E-state index contributed by atoms with van der Waals surface area (Å²) in [6.07, 6.45) is 4.03. The summed E-state index contributed by atoms with van der Waals surface area (Å²) in [5.41, 5.74) is 16.0. The predicted octanol–water partition coefficient (Wildman–Crippen LogP) is 4.26. The maximum atomic E-state index is 14.3. The molecule has 1 amide bonds. The molecule has 38 heavy (non-hydrogen) atoms. The normalized spacial score (nSPS) is 13.1. The summed E-state index contributed by atoms with van der Waals surface area (Å²) in [5.74, 6) is 1.20. The number of aromatic nitrogens is 2.